The molecule has 3 fully saturated rings. The molecule has 0 spiro atoms. The molecular weight excluding hydrogens is 330 g/mol. The topological polar surface area (TPSA) is 64.6 Å². The maximum absolute atomic E-state index is 12.5. The Bertz CT molecular complexity index is 725. The second-order valence-electron chi connectivity index (χ2n) is 6.96. The Morgan fingerprint density at radius 3 is 2.92 bits per heavy atom. The van der Waals surface area contributed by atoms with Gasteiger partial charge in [0.1, 0.15) is 5.75 Å². The Morgan fingerprint density at radius 2 is 2.21 bits per heavy atom. The van der Waals surface area contributed by atoms with E-state index in [2.05, 4.69) is 11.9 Å². The third-order valence-corrected chi connectivity index (χ3v) is 5.29. The van der Waals surface area contributed by atoms with Crippen LogP contribution in [0.1, 0.15) is 36.0 Å². The minimum Gasteiger partial charge on any atom is -0.479 e. The summed E-state index contributed by atoms with van der Waals surface area (Å²) < 4.78 is 11.4. The highest BCUT2D eigenvalue weighted by molar-refractivity contribution is 6.31. The first-order chi connectivity index (χ1) is 11.4. The number of hydrogen-bond donors (Lipinski definition) is 1. The second kappa shape index (κ2) is 5.33. The van der Waals surface area contributed by atoms with Crippen LogP contribution in [-0.4, -0.2) is 35.5 Å². The number of carbonyl (C=O) groups excluding carboxylic acids is 2. The Balaban J connectivity index is 1.38. The van der Waals surface area contributed by atoms with E-state index in [0.29, 0.717) is 22.9 Å². The fraction of sp³-hybridized carbons (Fsp3) is 0.444. The summed E-state index contributed by atoms with van der Waals surface area (Å²) in [6.45, 7) is 4.18. The summed E-state index contributed by atoms with van der Waals surface area (Å²) >= 11 is 5.90. The van der Waals surface area contributed by atoms with Crippen LogP contribution in [0.15, 0.2) is 30.9 Å². The van der Waals surface area contributed by atoms with Crippen LogP contribution in [0.2, 0.25) is 5.02 Å². The molecule has 0 saturated heterocycles. The SMILES string of the molecule is C=CCOC12CC(NC(=O)[C@H]3CC(=O)c4cc(Cl)ccc4O3)(C1)C2. The van der Waals surface area contributed by atoms with Gasteiger partial charge in [-0.15, -0.1) is 6.58 Å². The molecule has 6 heteroatoms. The maximum Gasteiger partial charge on any atom is 0.261 e. The first-order valence-electron chi connectivity index (χ1n) is 8.01. The van der Waals surface area contributed by atoms with E-state index in [1.807, 2.05) is 0 Å². The van der Waals surface area contributed by atoms with E-state index in [-0.39, 0.29) is 29.3 Å². The fourth-order valence-electron chi connectivity index (χ4n) is 4.00. The molecule has 0 unspecified atom stereocenters. The fourth-order valence-corrected chi connectivity index (χ4v) is 4.17. The number of Topliss-reactive ketones (excluding diaryl/α,β-unsaturated/α-hetero) is 1. The summed E-state index contributed by atoms with van der Waals surface area (Å²) in [5.41, 5.74) is 0.160. The molecule has 4 aliphatic rings. The minimum atomic E-state index is -0.787. The number of halogens is 1. The molecule has 126 valence electrons. The maximum atomic E-state index is 12.5. The standard InChI is InChI=1S/C18H18ClNO4/c1-2-5-23-18-8-17(9-18,10-18)20-16(22)15-7-13(21)12-6-11(19)3-4-14(12)24-15/h2-4,6,15H,1,5,7-10H2,(H,20,22)/t15-,17?,18?/m1/s1. The molecule has 5 nitrogen and oxygen atoms in total. The lowest BCUT2D eigenvalue weighted by Gasteiger charge is -2.69. The first kappa shape index (κ1) is 15.7. The average molecular weight is 348 g/mol. The third kappa shape index (κ3) is 2.43. The molecule has 3 aliphatic carbocycles. The van der Waals surface area contributed by atoms with Gasteiger partial charge in [-0.1, -0.05) is 17.7 Å². The summed E-state index contributed by atoms with van der Waals surface area (Å²) in [4.78, 5) is 24.7. The zero-order valence-electron chi connectivity index (χ0n) is 13.1. The van der Waals surface area contributed by atoms with Crippen LogP contribution in [0.5, 0.6) is 5.75 Å². The minimum absolute atomic E-state index is 0.0351. The van der Waals surface area contributed by atoms with Crippen LogP contribution >= 0.6 is 11.6 Å². The van der Waals surface area contributed by atoms with Gasteiger partial charge in [0.05, 0.1) is 24.2 Å². The molecule has 3 saturated carbocycles. The average Bonchev–Trinajstić information content (AvgIpc) is 2.48. The first-order valence-corrected chi connectivity index (χ1v) is 8.38. The molecule has 1 heterocycles. The van der Waals surface area contributed by atoms with E-state index in [9.17, 15) is 9.59 Å². The van der Waals surface area contributed by atoms with Crippen LogP contribution in [0, 0.1) is 0 Å². The number of fused-ring (bicyclic) bond motifs is 1. The highest BCUT2D eigenvalue weighted by atomic mass is 35.5. The van der Waals surface area contributed by atoms with Crippen molar-refractivity contribution in [3.8, 4) is 5.75 Å². The van der Waals surface area contributed by atoms with Crippen molar-refractivity contribution in [1.29, 1.82) is 0 Å². The Hall–Kier alpha value is -1.85. The summed E-state index contributed by atoms with van der Waals surface area (Å²) in [6, 6.07) is 4.86. The van der Waals surface area contributed by atoms with Crippen molar-refractivity contribution in [3.05, 3.63) is 41.4 Å². The largest absolute Gasteiger partial charge is 0.479 e. The van der Waals surface area contributed by atoms with Crippen molar-refractivity contribution < 1.29 is 19.1 Å². The van der Waals surface area contributed by atoms with E-state index in [1.54, 1.807) is 24.3 Å². The Labute approximate surface area is 145 Å². The molecular formula is C18H18ClNO4. The molecule has 1 atom stereocenters. The number of benzene rings is 1. The molecule has 2 bridgehead atoms. The van der Waals surface area contributed by atoms with Crippen molar-refractivity contribution in [2.75, 3.05) is 6.61 Å². The molecule has 0 aromatic heterocycles. The Morgan fingerprint density at radius 1 is 1.46 bits per heavy atom. The van der Waals surface area contributed by atoms with Crippen LogP contribution in [-0.2, 0) is 9.53 Å². The normalized spacial score (nSPS) is 32.7. The lowest BCUT2D eigenvalue weighted by molar-refractivity contribution is -0.245. The van der Waals surface area contributed by atoms with Gasteiger partial charge < -0.3 is 14.8 Å². The zero-order chi connectivity index (χ0) is 16.9. The molecule has 5 rings (SSSR count). The zero-order valence-corrected chi connectivity index (χ0v) is 13.9. The summed E-state index contributed by atoms with van der Waals surface area (Å²) in [7, 11) is 0. The Kier molecular flexibility index (Phi) is 3.48. The lowest BCUT2D eigenvalue weighted by atomic mass is 9.46. The van der Waals surface area contributed by atoms with Gasteiger partial charge in [0.2, 0.25) is 0 Å². The highest BCUT2D eigenvalue weighted by Crippen LogP contribution is 2.62. The molecule has 1 aromatic carbocycles. The van der Waals surface area contributed by atoms with Gasteiger partial charge in [0, 0.05) is 10.6 Å². The predicted octanol–water partition coefficient (Wildman–Crippen LogP) is 2.67. The summed E-state index contributed by atoms with van der Waals surface area (Å²) in [5, 5.41) is 3.52. The van der Waals surface area contributed by atoms with E-state index in [0.717, 1.165) is 19.3 Å². The van der Waals surface area contributed by atoms with Crippen LogP contribution < -0.4 is 10.1 Å². The van der Waals surface area contributed by atoms with Crippen molar-refractivity contribution in [1.82, 2.24) is 5.32 Å². The van der Waals surface area contributed by atoms with Gasteiger partial charge >= 0.3 is 0 Å². The smallest absolute Gasteiger partial charge is 0.261 e. The molecule has 1 N–H and O–H groups in total. The van der Waals surface area contributed by atoms with E-state index in [1.165, 1.54) is 0 Å². The predicted molar refractivity (Wildman–Crippen MR) is 88.4 cm³/mol. The molecule has 1 aliphatic heterocycles. The van der Waals surface area contributed by atoms with Gasteiger partial charge in [0.25, 0.3) is 5.91 Å². The van der Waals surface area contributed by atoms with Crippen LogP contribution in [0.4, 0.5) is 0 Å². The van der Waals surface area contributed by atoms with E-state index < -0.39 is 6.10 Å². The third-order valence-electron chi connectivity index (χ3n) is 5.05. The monoisotopic (exact) mass is 347 g/mol. The van der Waals surface area contributed by atoms with Gasteiger partial charge in [-0.3, -0.25) is 9.59 Å². The van der Waals surface area contributed by atoms with E-state index >= 15 is 0 Å². The highest BCUT2D eigenvalue weighted by Gasteiger charge is 2.70. The van der Waals surface area contributed by atoms with Gasteiger partial charge in [-0.05, 0) is 37.5 Å². The van der Waals surface area contributed by atoms with Crippen molar-refractivity contribution in [2.45, 2.75) is 42.9 Å². The number of nitrogens with one attached hydrogen (secondary N) is 1. The number of hydrogen-bond acceptors (Lipinski definition) is 4. The number of rotatable bonds is 5. The van der Waals surface area contributed by atoms with Crippen molar-refractivity contribution >= 4 is 23.3 Å². The van der Waals surface area contributed by atoms with E-state index in [4.69, 9.17) is 21.1 Å². The van der Waals surface area contributed by atoms with Crippen LogP contribution in [0.3, 0.4) is 0 Å². The number of ether oxygens (including phenoxy) is 2. The molecule has 0 radical (unpaired) electrons. The quantitative estimate of drug-likeness (QED) is 0.832. The molecule has 24 heavy (non-hydrogen) atoms. The number of carbonyl (C=O) groups is 2. The number of amides is 1. The second-order valence-corrected chi connectivity index (χ2v) is 7.39. The van der Waals surface area contributed by atoms with Crippen molar-refractivity contribution in [2.24, 2.45) is 0 Å². The summed E-state index contributed by atoms with van der Waals surface area (Å²) in [6.07, 6.45) is 3.42. The summed E-state index contributed by atoms with van der Waals surface area (Å²) in [5.74, 6) is 0.0578. The van der Waals surface area contributed by atoms with Gasteiger partial charge in [0.15, 0.2) is 11.9 Å². The molecule has 1 aromatic rings. The van der Waals surface area contributed by atoms with Crippen molar-refractivity contribution in [3.63, 3.8) is 0 Å². The van der Waals surface area contributed by atoms with Gasteiger partial charge in [-0.2, -0.15) is 0 Å². The number of ketones is 1. The van der Waals surface area contributed by atoms with Crippen LogP contribution in [0.25, 0.3) is 0 Å². The molecule has 1 amide bonds. The van der Waals surface area contributed by atoms with Gasteiger partial charge in [-0.25, -0.2) is 0 Å². The lowest BCUT2D eigenvalue weighted by Crippen LogP contribution is -2.80.